The van der Waals surface area contributed by atoms with Crippen molar-refractivity contribution in [2.75, 3.05) is 14.2 Å². The molecule has 3 rings (SSSR count). The van der Waals surface area contributed by atoms with Crippen LogP contribution >= 0.6 is 0 Å². The summed E-state index contributed by atoms with van der Waals surface area (Å²) in [7, 11) is 3.17. The maximum Gasteiger partial charge on any atom is 0.254 e. The van der Waals surface area contributed by atoms with E-state index < -0.39 is 0 Å². The van der Waals surface area contributed by atoms with Crippen LogP contribution in [0.2, 0.25) is 0 Å². The Morgan fingerprint density at radius 1 is 0.880 bits per heavy atom. The first-order valence-electron chi connectivity index (χ1n) is 7.85. The number of nitrogens with zero attached hydrogens (tertiary/aromatic N) is 2. The number of rotatable bonds is 6. The van der Waals surface area contributed by atoms with Crippen molar-refractivity contribution in [1.82, 2.24) is 10.2 Å². The second-order valence-corrected chi connectivity index (χ2v) is 5.68. The topological polar surface area (TPSA) is 66.6 Å². The van der Waals surface area contributed by atoms with E-state index in [-0.39, 0.29) is 6.61 Å². The zero-order valence-electron chi connectivity index (χ0n) is 14.7. The number of aryl methyl sites for hydroxylation is 2. The average Bonchev–Trinajstić information content (AvgIpc) is 3.07. The lowest BCUT2D eigenvalue weighted by Gasteiger charge is -2.07. The molecule has 0 unspecified atom stereocenters. The van der Waals surface area contributed by atoms with Crippen LogP contribution < -0.4 is 14.2 Å². The van der Waals surface area contributed by atoms with Crippen LogP contribution in [-0.4, -0.2) is 24.4 Å². The van der Waals surface area contributed by atoms with E-state index in [0.717, 1.165) is 22.4 Å². The molecule has 0 aliphatic rings. The summed E-state index contributed by atoms with van der Waals surface area (Å²) >= 11 is 0. The summed E-state index contributed by atoms with van der Waals surface area (Å²) in [6.45, 7) is 4.27. The summed E-state index contributed by atoms with van der Waals surface area (Å²) in [6, 6.07) is 11.5. The fourth-order valence-electron chi connectivity index (χ4n) is 2.56. The fraction of sp³-hybridized carbons (Fsp3) is 0.263. The monoisotopic (exact) mass is 340 g/mol. The first-order valence-corrected chi connectivity index (χ1v) is 7.85. The van der Waals surface area contributed by atoms with E-state index in [4.69, 9.17) is 18.6 Å². The number of hydrogen-bond acceptors (Lipinski definition) is 6. The van der Waals surface area contributed by atoms with Crippen molar-refractivity contribution in [2.45, 2.75) is 20.5 Å². The Bertz CT molecular complexity index is 853. The molecule has 1 aromatic heterocycles. The molecule has 0 saturated carbocycles. The van der Waals surface area contributed by atoms with Crippen LogP contribution in [0.3, 0.4) is 0 Å². The van der Waals surface area contributed by atoms with Crippen molar-refractivity contribution in [3.8, 4) is 28.7 Å². The highest BCUT2D eigenvalue weighted by atomic mass is 16.5. The summed E-state index contributed by atoms with van der Waals surface area (Å²) in [5, 5.41) is 8.11. The van der Waals surface area contributed by atoms with E-state index in [1.54, 1.807) is 26.4 Å². The highest BCUT2D eigenvalue weighted by Crippen LogP contribution is 2.31. The Morgan fingerprint density at radius 2 is 1.60 bits per heavy atom. The van der Waals surface area contributed by atoms with Gasteiger partial charge in [0, 0.05) is 5.56 Å². The predicted molar refractivity (Wildman–Crippen MR) is 93.1 cm³/mol. The van der Waals surface area contributed by atoms with Crippen LogP contribution in [0.25, 0.3) is 11.5 Å². The lowest BCUT2D eigenvalue weighted by Crippen LogP contribution is -1.96. The van der Waals surface area contributed by atoms with Crippen LogP contribution in [0.1, 0.15) is 17.0 Å². The zero-order chi connectivity index (χ0) is 17.8. The van der Waals surface area contributed by atoms with Gasteiger partial charge in [-0.3, -0.25) is 0 Å². The van der Waals surface area contributed by atoms with Crippen molar-refractivity contribution in [3.63, 3.8) is 0 Å². The van der Waals surface area contributed by atoms with Gasteiger partial charge in [-0.25, -0.2) is 0 Å². The summed E-state index contributed by atoms with van der Waals surface area (Å²) in [5.41, 5.74) is 3.04. The number of hydrogen-bond donors (Lipinski definition) is 0. The molecule has 0 aliphatic carbocycles. The number of aromatic nitrogens is 2. The maximum atomic E-state index is 5.74. The molecule has 0 fully saturated rings. The van der Waals surface area contributed by atoms with Gasteiger partial charge in [0.05, 0.1) is 14.2 Å². The minimum atomic E-state index is 0.211. The summed E-state index contributed by atoms with van der Waals surface area (Å²) in [5.74, 6) is 2.84. The van der Waals surface area contributed by atoms with Crippen molar-refractivity contribution in [3.05, 3.63) is 53.4 Å². The third-order valence-electron chi connectivity index (χ3n) is 3.65. The lowest BCUT2D eigenvalue weighted by atomic mass is 10.1. The van der Waals surface area contributed by atoms with Gasteiger partial charge in [-0.1, -0.05) is 6.07 Å². The molecule has 6 heteroatoms. The smallest absolute Gasteiger partial charge is 0.254 e. The molecule has 0 atom stereocenters. The Morgan fingerprint density at radius 3 is 2.28 bits per heavy atom. The van der Waals surface area contributed by atoms with Crippen LogP contribution in [0.15, 0.2) is 40.8 Å². The minimum Gasteiger partial charge on any atom is -0.493 e. The van der Waals surface area contributed by atoms with Crippen molar-refractivity contribution in [1.29, 1.82) is 0 Å². The Hall–Kier alpha value is -3.02. The Kier molecular flexibility index (Phi) is 4.88. The Balaban J connectivity index is 1.74. The Labute approximate surface area is 146 Å². The van der Waals surface area contributed by atoms with Crippen LogP contribution in [0, 0.1) is 13.8 Å². The molecular weight excluding hydrogens is 320 g/mol. The van der Waals surface area contributed by atoms with E-state index >= 15 is 0 Å². The van der Waals surface area contributed by atoms with Crippen LogP contribution in [0.4, 0.5) is 0 Å². The van der Waals surface area contributed by atoms with Crippen molar-refractivity contribution < 1.29 is 18.6 Å². The van der Waals surface area contributed by atoms with Gasteiger partial charge in [0.2, 0.25) is 5.89 Å². The number of methoxy groups -OCH3 is 2. The van der Waals surface area contributed by atoms with Crippen molar-refractivity contribution >= 4 is 0 Å². The molecule has 3 aromatic rings. The van der Waals surface area contributed by atoms with Gasteiger partial charge in [0.15, 0.2) is 18.1 Å². The van der Waals surface area contributed by atoms with Crippen LogP contribution in [-0.2, 0) is 6.61 Å². The lowest BCUT2D eigenvalue weighted by molar-refractivity contribution is 0.264. The first kappa shape index (κ1) is 16.8. The zero-order valence-corrected chi connectivity index (χ0v) is 14.7. The van der Waals surface area contributed by atoms with Gasteiger partial charge in [-0.05, 0) is 55.3 Å². The molecule has 6 nitrogen and oxygen atoms in total. The molecule has 0 aliphatic heterocycles. The molecule has 0 N–H and O–H groups in total. The fourth-order valence-corrected chi connectivity index (χ4v) is 2.56. The molecule has 0 amide bonds. The first-order chi connectivity index (χ1) is 12.1. The standard InChI is InChI=1S/C19H20N2O4/c1-12-7-13(2)9-15(8-12)24-11-18-20-21-19(25-18)14-5-6-16(22-3)17(10-14)23-4/h5-10H,11H2,1-4H3. The maximum absolute atomic E-state index is 5.74. The van der Waals surface area contributed by atoms with E-state index in [9.17, 15) is 0 Å². The largest absolute Gasteiger partial charge is 0.493 e. The molecule has 130 valence electrons. The molecule has 1 heterocycles. The van der Waals surface area contributed by atoms with Gasteiger partial charge < -0.3 is 18.6 Å². The molecule has 0 bridgehead atoms. The van der Waals surface area contributed by atoms with Gasteiger partial charge in [0.25, 0.3) is 5.89 Å². The second-order valence-electron chi connectivity index (χ2n) is 5.68. The average molecular weight is 340 g/mol. The van der Waals surface area contributed by atoms with Gasteiger partial charge >= 0.3 is 0 Å². The summed E-state index contributed by atoms with van der Waals surface area (Å²) in [4.78, 5) is 0. The van der Waals surface area contributed by atoms with E-state index in [1.807, 2.05) is 32.0 Å². The van der Waals surface area contributed by atoms with Crippen LogP contribution in [0.5, 0.6) is 17.2 Å². The molecule has 0 saturated heterocycles. The van der Waals surface area contributed by atoms with Gasteiger partial charge in [-0.15, -0.1) is 10.2 Å². The molecular formula is C19H20N2O4. The highest BCUT2D eigenvalue weighted by Gasteiger charge is 2.12. The SMILES string of the molecule is COc1ccc(-c2nnc(COc3cc(C)cc(C)c3)o2)cc1OC. The second kappa shape index (κ2) is 7.25. The van der Waals surface area contributed by atoms with E-state index in [0.29, 0.717) is 23.3 Å². The summed E-state index contributed by atoms with van der Waals surface area (Å²) in [6.07, 6.45) is 0. The number of benzene rings is 2. The normalized spacial score (nSPS) is 10.6. The van der Waals surface area contributed by atoms with Gasteiger partial charge in [-0.2, -0.15) is 0 Å². The quantitative estimate of drug-likeness (QED) is 0.677. The number of ether oxygens (including phenoxy) is 3. The molecule has 25 heavy (non-hydrogen) atoms. The minimum absolute atomic E-state index is 0.211. The highest BCUT2D eigenvalue weighted by molar-refractivity contribution is 5.59. The van der Waals surface area contributed by atoms with E-state index in [2.05, 4.69) is 16.3 Å². The van der Waals surface area contributed by atoms with Crippen molar-refractivity contribution in [2.24, 2.45) is 0 Å². The molecule has 0 radical (unpaired) electrons. The molecule has 2 aromatic carbocycles. The van der Waals surface area contributed by atoms with Gasteiger partial charge in [0.1, 0.15) is 5.75 Å². The third kappa shape index (κ3) is 3.91. The van der Waals surface area contributed by atoms with E-state index in [1.165, 1.54) is 0 Å². The molecule has 0 spiro atoms. The third-order valence-corrected chi connectivity index (χ3v) is 3.65. The predicted octanol–water partition coefficient (Wildman–Crippen LogP) is 3.95. The summed E-state index contributed by atoms with van der Waals surface area (Å²) < 4.78 is 21.9.